The van der Waals surface area contributed by atoms with E-state index >= 15 is 0 Å². The molecule has 1 aromatic rings. The Labute approximate surface area is 125 Å². The third-order valence-corrected chi connectivity index (χ3v) is 4.81. The minimum absolute atomic E-state index is 0.472. The summed E-state index contributed by atoms with van der Waals surface area (Å²) in [6.45, 7) is 2.22. The van der Waals surface area contributed by atoms with Crippen LogP contribution in [-0.4, -0.2) is 6.04 Å². The van der Waals surface area contributed by atoms with E-state index in [-0.39, 0.29) is 0 Å². The van der Waals surface area contributed by atoms with Gasteiger partial charge in [0, 0.05) is 6.04 Å². The topological polar surface area (TPSA) is 38.0 Å². The fourth-order valence-electron chi connectivity index (χ4n) is 2.98. The molecule has 3 N–H and O–H groups in total. The molecule has 1 aliphatic carbocycles. The zero-order valence-corrected chi connectivity index (χ0v) is 12.9. The van der Waals surface area contributed by atoms with Crippen molar-refractivity contribution in [3.63, 3.8) is 0 Å². The van der Waals surface area contributed by atoms with E-state index in [1.54, 1.807) is 6.07 Å². The smallest absolute Gasteiger partial charge is 0.0614 e. The van der Waals surface area contributed by atoms with E-state index in [4.69, 9.17) is 28.9 Å². The molecule has 1 fully saturated rings. The van der Waals surface area contributed by atoms with Crippen molar-refractivity contribution < 1.29 is 0 Å². The standard InChI is InChI=1S/C15H22Cl2N2/c1-2-14(10-6-4-3-5-7-10)19-15-9-12(17)11(16)8-13(15)18/h8-10,14,19H,2-7,18H2,1H3. The van der Waals surface area contributed by atoms with Gasteiger partial charge in [-0.25, -0.2) is 0 Å². The number of nitrogens with one attached hydrogen (secondary N) is 1. The minimum Gasteiger partial charge on any atom is -0.397 e. The summed E-state index contributed by atoms with van der Waals surface area (Å²) >= 11 is 12.0. The van der Waals surface area contributed by atoms with Crippen LogP contribution in [0.1, 0.15) is 45.4 Å². The van der Waals surface area contributed by atoms with E-state index < -0.39 is 0 Å². The molecule has 1 atom stereocenters. The van der Waals surface area contributed by atoms with Gasteiger partial charge in [0.1, 0.15) is 0 Å². The highest BCUT2D eigenvalue weighted by Crippen LogP contribution is 2.34. The van der Waals surface area contributed by atoms with Gasteiger partial charge in [-0.05, 0) is 37.3 Å². The highest BCUT2D eigenvalue weighted by molar-refractivity contribution is 6.42. The van der Waals surface area contributed by atoms with Gasteiger partial charge in [-0.2, -0.15) is 0 Å². The summed E-state index contributed by atoms with van der Waals surface area (Å²) in [5.41, 5.74) is 7.60. The lowest BCUT2D eigenvalue weighted by Gasteiger charge is -2.31. The van der Waals surface area contributed by atoms with Crippen molar-refractivity contribution in [3.8, 4) is 0 Å². The molecule has 4 heteroatoms. The van der Waals surface area contributed by atoms with Gasteiger partial charge < -0.3 is 11.1 Å². The zero-order valence-electron chi connectivity index (χ0n) is 11.4. The van der Waals surface area contributed by atoms with Crippen molar-refractivity contribution in [2.75, 3.05) is 11.1 Å². The van der Waals surface area contributed by atoms with Crippen LogP contribution >= 0.6 is 23.2 Å². The van der Waals surface area contributed by atoms with Crippen LogP contribution in [0, 0.1) is 5.92 Å². The lowest BCUT2D eigenvalue weighted by Crippen LogP contribution is -2.30. The Morgan fingerprint density at radius 3 is 2.47 bits per heavy atom. The van der Waals surface area contributed by atoms with Gasteiger partial charge in [0.05, 0.1) is 21.4 Å². The van der Waals surface area contributed by atoms with Gasteiger partial charge >= 0.3 is 0 Å². The van der Waals surface area contributed by atoms with Crippen LogP contribution in [0.25, 0.3) is 0 Å². The van der Waals surface area contributed by atoms with Gasteiger partial charge in [0.2, 0.25) is 0 Å². The zero-order chi connectivity index (χ0) is 13.8. The van der Waals surface area contributed by atoms with Crippen LogP contribution in [0.15, 0.2) is 12.1 Å². The van der Waals surface area contributed by atoms with Crippen LogP contribution < -0.4 is 11.1 Å². The molecule has 1 saturated carbocycles. The summed E-state index contributed by atoms with van der Waals surface area (Å²) in [6, 6.07) is 4.03. The highest BCUT2D eigenvalue weighted by Gasteiger charge is 2.22. The number of benzene rings is 1. The number of rotatable bonds is 4. The molecule has 19 heavy (non-hydrogen) atoms. The lowest BCUT2D eigenvalue weighted by molar-refractivity contribution is 0.313. The summed E-state index contributed by atoms with van der Waals surface area (Å²) in [6.07, 6.45) is 7.80. The number of nitrogens with two attached hydrogens (primary N) is 1. The quantitative estimate of drug-likeness (QED) is 0.736. The normalized spacial score (nSPS) is 18.3. The van der Waals surface area contributed by atoms with E-state index in [1.807, 2.05) is 6.07 Å². The summed E-state index contributed by atoms with van der Waals surface area (Å²) in [4.78, 5) is 0. The second-order valence-electron chi connectivity index (χ2n) is 5.41. The van der Waals surface area contributed by atoms with E-state index in [0.717, 1.165) is 18.0 Å². The molecular formula is C15H22Cl2N2. The summed E-state index contributed by atoms with van der Waals surface area (Å²) < 4.78 is 0. The van der Waals surface area contributed by atoms with Gasteiger partial charge in [-0.3, -0.25) is 0 Å². The van der Waals surface area contributed by atoms with E-state index in [2.05, 4.69) is 12.2 Å². The molecule has 0 heterocycles. The third kappa shape index (κ3) is 3.70. The van der Waals surface area contributed by atoms with Crippen LogP contribution in [-0.2, 0) is 0 Å². The molecule has 1 unspecified atom stereocenters. The largest absolute Gasteiger partial charge is 0.397 e. The van der Waals surface area contributed by atoms with E-state index in [0.29, 0.717) is 21.8 Å². The molecule has 0 aliphatic heterocycles. The molecule has 2 nitrogen and oxygen atoms in total. The maximum absolute atomic E-state index is 6.07. The molecule has 0 radical (unpaired) electrons. The number of hydrogen-bond donors (Lipinski definition) is 2. The van der Waals surface area contributed by atoms with Gasteiger partial charge in [0.15, 0.2) is 0 Å². The molecule has 0 spiro atoms. The molecule has 0 aromatic heterocycles. The monoisotopic (exact) mass is 300 g/mol. The number of hydrogen-bond acceptors (Lipinski definition) is 2. The molecule has 1 aromatic carbocycles. The Morgan fingerprint density at radius 2 is 1.84 bits per heavy atom. The van der Waals surface area contributed by atoms with Crippen molar-refractivity contribution in [1.82, 2.24) is 0 Å². The Kier molecular flexibility index (Phi) is 5.23. The minimum atomic E-state index is 0.472. The maximum Gasteiger partial charge on any atom is 0.0614 e. The fraction of sp³-hybridized carbons (Fsp3) is 0.600. The van der Waals surface area contributed by atoms with Gasteiger partial charge in [0.25, 0.3) is 0 Å². The predicted octanol–water partition coefficient (Wildman–Crippen LogP) is 5.35. The maximum atomic E-state index is 6.07. The second kappa shape index (κ2) is 6.71. The SMILES string of the molecule is CCC(Nc1cc(Cl)c(Cl)cc1N)C1CCCCC1. The first-order valence-electron chi connectivity index (χ1n) is 7.13. The molecule has 2 rings (SSSR count). The molecule has 106 valence electrons. The van der Waals surface area contributed by atoms with Crippen molar-refractivity contribution in [2.45, 2.75) is 51.5 Å². The summed E-state index contributed by atoms with van der Waals surface area (Å²) in [5, 5.41) is 4.63. The molecule has 0 amide bonds. The van der Waals surface area contributed by atoms with Crippen molar-refractivity contribution in [3.05, 3.63) is 22.2 Å². The average molecular weight is 301 g/mol. The van der Waals surface area contributed by atoms with E-state index in [9.17, 15) is 0 Å². The predicted molar refractivity (Wildman–Crippen MR) is 85.2 cm³/mol. The Balaban J connectivity index is 2.11. The number of nitrogen functional groups attached to an aromatic ring is 1. The second-order valence-corrected chi connectivity index (χ2v) is 6.23. The molecule has 1 aliphatic rings. The molecule has 0 saturated heterocycles. The summed E-state index contributed by atoms with van der Waals surface area (Å²) in [5.74, 6) is 0.743. The third-order valence-electron chi connectivity index (χ3n) is 4.09. The Morgan fingerprint density at radius 1 is 1.21 bits per heavy atom. The Bertz CT molecular complexity index is 428. The van der Waals surface area contributed by atoms with Crippen molar-refractivity contribution in [2.24, 2.45) is 5.92 Å². The fourth-order valence-corrected chi connectivity index (χ4v) is 3.31. The first-order valence-corrected chi connectivity index (χ1v) is 7.88. The van der Waals surface area contributed by atoms with Crippen molar-refractivity contribution >= 4 is 34.6 Å². The first kappa shape index (κ1) is 14.8. The van der Waals surface area contributed by atoms with Gasteiger partial charge in [-0.15, -0.1) is 0 Å². The van der Waals surface area contributed by atoms with Crippen LogP contribution in [0.2, 0.25) is 10.0 Å². The van der Waals surface area contributed by atoms with Gasteiger partial charge in [-0.1, -0.05) is 49.4 Å². The molecular weight excluding hydrogens is 279 g/mol. The molecule has 0 bridgehead atoms. The lowest BCUT2D eigenvalue weighted by atomic mass is 9.83. The van der Waals surface area contributed by atoms with Crippen molar-refractivity contribution in [1.29, 1.82) is 0 Å². The average Bonchev–Trinajstić information content (AvgIpc) is 2.42. The van der Waals surface area contributed by atoms with E-state index in [1.165, 1.54) is 32.1 Å². The summed E-state index contributed by atoms with van der Waals surface area (Å²) in [7, 11) is 0. The highest BCUT2D eigenvalue weighted by atomic mass is 35.5. The number of anilines is 2. The Hall–Kier alpha value is -0.600. The first-order chi connectivity index (χ1) is 9.11. The van der Waals surface area contributed by atoms with Crippen LogP contribution in [0.4, 0.5) is 11.4 Å². The van der Waals surface area contributed by atoms with Crippen LogP contribution in [0.5, 0.6) is 0 Å². The number of halogens is 2. The van der Waals surface area contributed by atoms with Crippen LogP contribution in [0.3, 0.4) is 0 Å².